The zero-order valence-corrected chi connectivity index (χ0v) is 11.2. The molecule has 2 aromatic rings. The van der Waals surface area contributed by atoms with Crippen molar-refractivity contribution in [2.75, 3.05) is 5.32 Å². The van der Waals surface area contributed by atoms with Crippen molar-refractivity contribution in [2.24, 2.45) is 0 Å². The number of carbonyl (C=O) groups excluding carboxylic acids is 1. The summed E-state index contributed by atoms with van der Waals surface area (Å²) in [7, 11) is 0. The van der Waals surface area contributed by atoms with Crippen LogP contribution < -0.4 is 5.32 Å². The average Bonchev–Trinajstić information content (AvgIpc) is 2.48. The van der Waals surface area contributed by atoms with Crippen LogP contribution in [0.4, 0.5) is 28.9 Å². The number of hydrogen-bond donors (Lipinski definition) is 1. The number of hydrogen-bond acceptors (Lipinski definition) is 3. The summed E-state index contributed by atoms with van der Waals surface area (Å²) in [6, 6.07) is 6.08. The number of amides is 1. The van der Waals surface area contributed by atoms with E-state index in [-0.39, 0.29) is 11.3 Å². The zero-order chi connectivity index (χ0) is 17.2. The van der Waals surface area contributed by atoms with Crippen LogP contribution in [0, 0.1) is 15.9 Å². The fraction of sp³-hybridized carbons (Fsp3) is 0.0714. The normalized spacial score (nSPS) is 11.1. The Morgan fingerprint density at radius 2 is 1.83 bits per heavy atom. The number of nitrogens with zero attached hydrogens (tertiary/aromatic N) is 1. The van der Waals surface area contributed by atoms with Crippen molar-refractivity contribution in [3.63, 3.8) is 0 Å². The van der Waals surface area contributed by atoms with Crippen LogP contribution in [0.15, 0.2) is 42.5 Å². The largest absolute Gasteiger partial charge is 0.416 e. The highest BCUT2D eigenvalue weighted by molar-refractivity contribution is 6.04. The van der Waals surface area contributed by atoms with E-state index >= 15 is 0 Å². The first-order valence-electron chi connectivity index (χ1n) is 6.11. The van der Waals surface area contributed by atoms with Gasteiger partial charge in [-0.1, -0.05) is 6.07 Å². The molecule has 0 bridgehead atoms. The highest BCUT2D eigenvalue weighted by atomic mass is 19.4. The van der Waals surface area contributed by atoms with Crippen molar-refractivity contribution in [3.8, 4) is 0 Å². The van der Waals surface area contributed by atoms with E-state index in [0.29, 0.717) is 18.2 Å². The monoisotopic (exact) mass is 328 g/mol. The molecule has 0 saturated heterocycles. The molecular formula is C14H8F4N2O3. The third-order valence-corrected chi connectivity index (χ3v) is 2.86. The summed E-state index contributed by atoms with van der Waals surface area (Å²) in [5.74, 6) is -2.02. The first-order valence-corrected chi connectivity index (χ1v) is 6.11. The lowest BCUT2D eigenvalue weighted by Crippen LogP contribution is -2.14. The summed E-state index contributed by atoms with van der Waals surface area (Å²) < 4.78 is 51.3. The van der Waals surface area contributed by atoms with Gasteiger partial charge in [-0.05, 0) is 24.3 Å². The molecule has 0 heterocycles. The Labute approximate surface area is 126 Å². The van der Waals surface area contributed by atoms with Crippen molar-refractivity contribution in [1.82, 2.24) is 0 Å². The molecule has 0 spiro atoms. The first kappa shape index (κ1) is 16.4. The molecule has 0 aromatic heterocycles. The fourth-order valence-corrected chi connectivity index (χ4v) is 1.75. The van der Waals surface area contributed by atoms with Crippen LogP contribution in [0.1, 0.15) is 15.9 Å². The maximum absolute atomic E-state index is 13.6. The van der Waals surface area contributed by atoms with Gasteiger partial charge in [0, 0.05) is 17.7 Å². The molecule has 9 heteroatoms. The van der Waals surface area contributed by atoms with Crippen molar-refractivity contribution in [2.45, 2.75) is 6.18 Å². The quantitative estimate of drug-likeness (QED) is 0.526. The van der Waals surface area contributed by atoms with Crippen molar-refractivity contribution < 1.29 is 27.3 Å². The van der Waals surface area contributed by atoms with E-state index in [1.165, 1.54) is 12.1 Å². The second-order valence-corrected chi connectivity index (χ2v) is 4.45. The number of rotatable bonds is 3. The number of nitro groups is 1. The number of nitrogens with one attached hydrogen (secondary N) is 1. The smallest absolute Gasteiger partial charge is 0.319 e. The van der Waals surface area contributed by atoms with Gasteiger partial charge in [-0.15, -0.1) is 0 Å². The minimum absolute atomic E-state index is 0.184. The van der Waals surface area contributed by atoms with Crippen LogP contribution >= 0.6 is 0 Å². The molecule has 0 aliphatic heterocycles. The number of anilines is 1. The summed E-state index contributed by atoms with van der Waals surface area (Å²) in [6.07, 6.45) is -4.70. The van der Waals surface area contributed by atoms with Gasteiger partial charge in [0.1, 0.15) is 5.82 Å². The lowest BCUT2D eigenvalue weighted by molar-refractivity contribution is -0.384. The van der Waals surface area contributed by atoms with Gasteiger partial charge in [0.2, 0.25) is 0 Å². The van der Waals surface area contributed by atoms with E-state index in [1.807, 2.05) is 5.32 Å². The van der Waals surface area contributed by atoms with Crippen LogP contribution in [0.5, 0.6) is 0 Å². The van der Waals surface area contributed by atoms with Gasteiger partial charge in [-0.3, -0.25) is 14.9 Å². The lowest BCUT2D eigenvalue weighted by Gasteiger charge is -2.11. The van der Waals surface area contributed by atoms with Gasteiger partial charge in [0.05, 0.1) is 16.2 Å². The van der Waals surface area contributed by atoms with Crippen molar-refractivity contribution in [3.05, 3.63) is 69.5 Å². The summed E-state index contributed by atoms with van der Waals surface area (Å²) in [6.45, 7) is 0. The molecule has 120 valence electrons. The molecule has 0 saturated carbocycles. The Balaban J connectivity index is 2.30. The summed E-state index contributed by atoms with van der Waals surface area (Å²) >= 11 is 0. The predicted octanol–water partition coefficient (Wildman–Crippen LogP) is 4.01. The van der Waals surface area contributed by atoms with Gasteiger partial charge in [-0.25, -0.2) is 4.39 Å². The molecule has 5 nitrogen and oxygen atoms in total. The molecular weight excluding hydrogens is 320 g/mol. The van der Waals surface area contributed by atoms with E-state index in [0.717, 1.165) is 12.1 Å². The first-order chi connectivity index (χ1) is 10.7. The molecule has 0 fully saturated rings. The Kier molecular flexibility index (Phi) is 4.30. The average molecular weight is 328 g/mol. The zero-order valence-electron chi connectivity index (χ0n) is 11.2. The second-order valence-electron chi connectivity index (χ2n) is 4.45. The molecule has 0 unspecified atom stereocenters. The van der Waals surface area contributed by atoms with Gasteiger partial charge >= 0.3 is 6.18 Å². The number of halogens is 4. The van der Waals surface area contributed by atoms with E-state index in [2.05, 4.69) is 0 Å². The summed E-state index contributed by atoms with van der Waals surface area (Å²) in [5.41, 5.74) is -2.36. The molecule has 0 aliphatic carbocycles. The van der Waals surface area contributed by atoms with E-state index in [1.54, 1.807) is 0 Å². The number of benzene rings is 2. The van der Waals surface area contributed by atoms with Crippen LogP contribution in [0.25, 0.3) is 0 Å². The van der Waals surface area contributed by atoms with Crippen molar-refractivity contribution >= 4 is 17.3 Å². The number of carbonyl (C=O) groups is 1. The Morgan fingerprint density at radius 1 is 1.13 bits per heavy atom. The minimum atomic E-state index is -4.70. The van der Waals surface area contributed by atoms with Crippen LogP contribution in [-0.2, 0) is 6.18 Å². The van der Waals surface area contributed by atoms with Crippen LogP contribution in [0.2, 0.25) is 0 Å². The second kappa shape index (κ2) is 6.03. The standard InChI is InChI=1S/C14H8F4N2O3/c15-11-5-4-9(14(16,17)18)7-12(11)19-13(21)8-2-1-3-10(6-8)20(22)23/h1-7H,(H,19,21). The predicted molar refractivity (Wildman–Crippen MR) is 72.5 cm³/mol. The third kappa shape index (κ3) is 3.82. The topological polar surface area (TPSA) is 72.2 Å². The Morgan fingerprint density at radius 3 is 2.43 bits per heavy atom. The summed E-state index contributed by atoms with van der Waals surface area (Å²) in [5, 5.41) is 12.6. The maximum atomic E-state index is 13.6. The third-order valence-electron chi connectivity index (χ3n) is 2.86. The van der Waals surface area contributed by atoms with E-state index in [9.17, 15) is 32.5 Å². The van der Waals surface area contributed by atoms with Crippen LogP contribution in [0.3, 0.4) is 0 Å². The number of non-ortho nitro benzene ring substituents is 1. The van der Waals surface area contributed by atoms with E-state index < -0.39 is 34.1 Å². The molecule has 2 aromatic carbocycles. The van der Waals surface area contributed by atoms with Gasteiger partial charge in [-0.2, -0.15) is 13.2 Å². The molecule has 0 aliphatic rings. The fourth-order valence-electron chi connectivity index (χ4n) is 1.75. The van der Waals surface area contributed by atoms with Crippen LogP contribution in [-0.4, -0.2) is 10.8 Å². The molecule has 23 heavy (non-hydrogen) atoms. The molecule has 0 radical (unpaired) electrons. The molecule has 1 amide bonds. The van der Waals surface area contributed by atoms with Gasteiger partial charge in [0.25, 0.3) is 11.6 Å². The molecule has 1 N–H and O–H groups in total. The Bertz CT molecular complexity index is 775. The van der Waals surface area contributed by atoms with Crippen molar-refractivity contribution in [1.29, 1.82) is 0 Å². The highest BCUT2D eigenvalue weighted by Crippen LogP contribution is 2.32. The Hall–Kier alpha value is -2.97. The van der Waals surface area contributed by atoms with Gasteiger partial charge in [0.15, 0.2) is 0 Å². The van der Waals surface area contributed by atoms with Gasteiger partial charge < -0.3 is 5.32 Å². The lowest BCUT2D eigenvalue weighted by atomic mass is 10.1. The number of alkyl halides is 3. The number of nitro benzene ring substituents is 1. The highest BCUT2D eigenvalue weighted by Gasteiger charge is 2.31. The minimum Gasteiger partial charge on any atom is -0.319 e. The molecule has 0 atom stereocenters. The van der Waals surface area contributed by atoms with E-state index in [4.69, 9.17) is 0 Å². The molecule has 2 rings (SSSR count). The maximum Gasteiger partial charge on any atom is 0.416 e. The summed E-state index contributed by atoms with van der Waals surface area (Å²) in [4.78, 5) is 21.8. The SMILES string of the molecule is O=C(Nc1cc(C(F)(F)F)ccc1F)c1cccc([N+](=O)[O-])c1.